The number of aromatic nitrogens is 1. The third-order valence-corrected chi connectivity index (χ3v) is 5.54. The number of amides is 1. The number of fused-ring (bicyclic) bond motifs is 3. The van der Waals surface area contributed by atoms with Gasteiger partial charge in [0, 0.05) is 67.3 Å². The Labute approximate surface area is 148 Å². The number of ether oxygens (including phenoxy) is 1. The highest BCUT2D eigenvalue weighted by Gasteiger charge is 2.27. The first-order valence-corrected chi connectivity index (χ1v) is 9.34. The maximum Gasteiger partial charge on any atom is 0.253 e. The monoisotopic (exact) mass is 341 g/mol. The van der Waals surface area contributed by atoms with Crippen molar-refractivity contribution in [2.45, 2.75) is 26.3 Å². The summed E-state index contributed by atoms with van der Waals surface area (Å²) >= 11 is 0. The Balaban J connectivity index is 1.55. The van der Waals surface area contributed by atoms with Crippen molar-refractivity contribution in [1.82, 2.24) is 14.8 Å². The van der Waals surface area contributed by atoms with E-state index in [4.69, 9.17) is 4.74 Å². The number of aromatic amines is 1. The van der Waals surface area contributed by atoms with Gasteiger partial charge in [-0.3, -0.25) is 4.79 Å². The molecule has 1 aromatic carbocycles. The van der Waals surface area contributed by atoms with Crippen molar-refractivity contribution in [3.05, 3.63) is 35.0 Å². The first-order chi connectivity index (χ1) is 12.2. The van der Waals surface area contributed by atoms with Gasteiger partial charge in [0.2, 0.25) is 0 Å². The Morgan fingerprint density at radius 3 is 3.08 bits per heavy atom. The molecule has 5 nitrogen and oxygen atoms in total. The first kappa shape index (κ1) is 16.6. The average Bonchev–Trinajstić information content (AvgIpc) is 3.23. The topological polar surface area (TPSA) is 48.6 Å². The molecule has 2 aliphatic heterocycles. The van der Waals surface area contributed by atoms with Gasteiger partial charge < -0.3 is 19.5 Å². The standard InChI is InChI=1S/C20H27N3O2/c1-3-25-13-14-6-9-23(11-14)20(24)15-4-5-18-16(10-15)17-12-22(2)8-7-19(17)21-18/h4-5,10,14,21H,3,6-9,11-13H2,1-2H3/t14-/m0/s1. The number of hydrogen-bond donors (Lipinski definition) is 1. The number of likely N-dealkylation sites (N-methyl/N-ethyl adjacent to an activating group) is 1. The maximum atomic E-state index is 12.9. The van der Waals surface area contributed by atoms with Crippen LogP contribution in [0.5, 0.6) is 0 Å². The lowest BCUT2D eigenvalue weighted by molar-refractivity contribution is 0.0763. The van der Waals surface area contributed by atoms with E-state index in [0.717, 1.165) is 63.3 Å². The molecular weight excluding hydrogens is 314 g/mol. The van der Waals surface area contributed by atoms with Crippen molar-refractivity contribution in [2.75, 3.05) is 39.9 Å². The number of H-pyrrole nitrogens is 1. The predicted octanol–water partition coefficient (Wildman–Crippen LogP) is 2.65. The van der Waals surface area contributed by atoms with Crippen LogP contribution in [0, 0.1) is 5.92 Å². The lowest BCUT2D eigenvalue weighted by atomic mass is 10.0. The van der Waals surface area contributed by atoms with Crippen LogP contribution in [-0.2, 0) is 17.7 Å². The molecule has 2 aliphatic rings. The van der Waals surface area contributed by atoms with Crippen LogP contribution in [0.3, 0.4) is 0 Å². The van der Waals surface area contributed by atoms with Gasteiger partial charge in [0.15, 0.2) is 0 Å². The molecule has 0 radical (unpaired) electrons. The van der Waals surface area contributed by atoms with Crippen molar-refractivity contribution < 1.29 is 9.53 Å². The molecule has 4 rings (SSSR count). The minimum absolute atomic E-state index is 0.153. The third kappa shape index (κ3) is 3.18. The number of nitrogens with zero attached hydrogens (tertiary/aromatic N) is 2. The van der Waals surface area contributed by atoms with Crippen molar-refractivity contribution in [3.63, 3.8) is 0 Å². The zero-order valence-corrected chi connectivity index (χ0v) is 15.2. The highest BCUT2D eigenvalue weighted by atomic mass is 16.5. The van der Waals surface area contributed by atoms with Crippen LogP contribution < -0.4 is 0 Å². The molecule has 1 amide bonds. The number of benzene rings is 1. The molecule has 3 heterocycles. The van der Waals surface area contributed by atoms with Gasteiger partial charge in [0.1, 0.15) is 0 Å². The summed E-state index contributed by atoms with van der Waals surface area (Å²) in [7, 11) is 2.15. The molecule has 2 aromatic rings. The fourth-order valence-electron chi connectivity index (χ4n) is 4.10. The van der Waals surface area contributed by atoms with Crippen molar-refractivity contribution in [2.24, 2.45) is 5.92 Å². The Kier molecular flexibility index (Phi) is 4.52. The van der Waals surface area contributed by atoms with E-state index in [1.54, 1.807) is 0 Å². The minimum atomic E-state index is 0.153. The molecule has 0 aliphatic carbocycles. The molecule has 0 unspecified atom stereocenters. The maximum absolute atomic E-state index is 12.9. The minimum Gasteiger partial charge on any atom is -0.381 e. The van der Waals surface area contributed by atoms with Gasteiger partial charge in [-0.15, -0.1) is 0 Å². The normalized spacial score (nSPS) is 21.0. The van der Waals surface area contributed by atoms with E-state index < -0.39 is 0 Å². The van der Waals surface area contributed by atoms with E-state index in [1.165, 1.54) is 16.6 Å². The Bertz CT molecular complexity index is 783. The molecule has 0 spiro atoms. The number of hydrogen-bond acceptors (Lipinski definition) is 3. The average molecular weight is 341 g/mol. The quantitative estimate of drug-likeness (QED) is 0.930. The van der Waals surface area contributed by atoms with Gasteiger partial charge in [-0.1, -0.05) is 0 Å². The van der Waals surface area contributed by atoms with Crippen molar-refractivity contribution in [1.29, 1.82) is 0 Å². The molecule has 1 atom stereocenters. The van der Waals surface area contributed by atoms with Crippen LogP contribution in [-0.4, -0.2) is 60.6 Å². The van der Waals surface area contributed by atoms with E-state index >= 15 is 0 Å². The summed E-state index contributed by atoms with van der Waals surface area (Å²) in [6, 6.07) is 6.11. The summed E-state index contributed by atoms with van der Waals surface area (Å²) < 4.78 is 5.52. The summed E-state index contributed by atoms with van der Waals surface area (Å²) in [5.74, 6) is 0.626. The molecule has 0 saturated carbocycles. The number of nitrogens with one attached hydrogen (secondary N) is 1. The number of carbonyl (C=O) groups excluding carboxylic acids is 1. The second kappa shape index (κ2) is 6.81. The summed E-state index contributed by atoms with van der Waals surface area (Å²) in [6.07, 6.45) is 2.09. The largest absolute Gasteiger partial charge is 0.381 e. The van der Waals surface area contributed by atoms with E-state index in [0.29, 0.717) is 5.92 Å². The summed E-state index contributed by atoms with van der Waals surface area (Å²) in [4.78, 5) is 20.8. The molecule has 1 saturated heterocycles. The Morgan fingerprint density at radius 1 is 1.36 bits per heavy atom. The van der Waals surface area contributed by atoms with Gasteiger partial charge in [-0.25, -0.2) is 0 Å². The third-order valence-electron chi connectivity index (χ3n) is 5.54. The van der Waals surface area contributed by atoms with E-state index in [9.17, 15) is 4.79 Å². The van der Waals surface area contributed by atoms with Crippen molar-refractivity contribution in [3.8, 4) is 0 Å². The van der Waals surface area contributed by atoms with Crippen molar-refractivity contribution >= 4 is 16.8 Å². The second-order valence-corrected chi connectivity index (χ2v) is 7.40. The summed E-state index contributed by atoms with van der Waals surface area (Å²) in [5, 5.41) is 1.21. The zero-order valence-electron chi connectivity index (χ0n) is 15.2. The van der Waals surface area contributed by atoms with Gasteiger partial charge in [0.05, 0.1) is 6.61 Å². The van der Waals surface area contributed by atoms with Gasteiger partial charge in [0.25, 0.3) is 5.91 Å². The lowest BCUT2D eigenvalue weighted by Crippen LogP contribution is -2.29. The molecule has 1 N–H and O–H groups in total. The summed E-state index contributed by atoms with van der Waals surface area (Å²) in [6.45, 7) is 7.20. The van der Waals surface area contributed by atoms with Crippen LogP contribution in [0.25, 0.3) is 10.9 Å². The number of rotatable bonds is 4. The number of likely N-dealkylation sites (tertiary alicyclic amines) is 1. The molecule has 1 aromatic heterocycles. The predicted molar refractivity (Wildman–Crippen MR) is 98.8 cm³/mol. The van der Waals surface area contributed by atoms with E-state index in [-0.39, 0.29) is 5.91 Å². The van der Waals surface area contributed by atoms with Crippen LogP contribution in [0.2, 0.25) is 0 Å². The van der Waals surface area contributed by atoms with Crippen LogP contribution in [0.15, 0.2) is 18.2 Å². The van der Waals surface area contributed by atoms with Crippen LogP contribution >= 0.6 is 0 Å². The van der Waals surface area contributed by atoms with Gasteiger partial charge >= 0.3 is 0 Å². The smallest absolute Gasteiger partial charge is 0.253 e. The fourth-order valence-corrected chi connectivity index (χ4v) is 4.10. The molecule has 0 bridgehead atoms. The van der Waals surface area contributed by atoms with E-state index in [1.807, 2.05) is 17.9 Å². The summed E-state index contributed by atoms with van der Waals surface area (Å²) in [5.41, 5.74) is 4.64. The first-order valence-electron chi connectivity index (χ1n) is 9.34. The molecule has 134 valence electrons. The molecule has 5 heteroatoms. The SMILES string of the molecule is CCOC[C@H]1CCN(C(=O)c2ccc3[nH]c4c(c3c2)CN(C)CC4)C1. The Hall–Kier alpha value is -1.85. The Morgan fingerprint density at radius 2 is 2.24 bits per heavy atom. The molecular formula is C20H27N3O2. The number of carbonyl (C=O) groups is 1. The highest BCUT2D eigenvalue weighted by Crippen LogP contribution is 2.29. The molecule has 1 fully saturated rings. The lowest BCUT2D eigenvalue weighted by Gasteiger charge is -2.22. The second-order valence-electron chi connectivity index (χ2n) is 7.40. The van der Waals surface area contributed by atoms with Gasteiger partial charge in [-0.05, 0) is 44.2 Å². The fraction of sp³-hybridized carbons (Fsp3) is 0.550. The van der Waals surface area contributed by atoms with Gasteiger partial charge in [-0.2, -0.15) is 0 Å². The van der Waals surface area contributed by atoms with Crippen LogP contribution in [0.4, 0.5) is 0 Å². The zero-order chi connectivity index (χ0) is 17.4. The highest BCUT2D eigenvalue weighted by molar-refractivity contribution is 5.99. The van der Waals surface area contributed by atoms with Crippen LogP contribution in [0.1, 0.15) is 35.0 Å². The van der Waals surface area contributed by atoms with E-state index in [2.05, 4.69) is 29.1 Å². The molecule has 25 heavy (non-hydrogen) atoms.